The lowest BCUT2D eigenvalue weighted by Gasteiger charge is -2.13. The molecular weight excluding hydrogens is 290 g/mol. The highest BCUT2D eigenvalue weighted by molar-refractivity contribution is 7.80. The fraction of sp³-hybridized carbons (Fsp3) is 0.500. The maximum atomic E-state index is 10.7. The van der Waals surface area contributed by atoms with Gasteiger partial charge in [-0.1, -0.05) is 26.2 Å². The number of rotatable bonds is 8. The molecule has 0 amide bonds. The zero-order chi connectivity index (χ0) is 15.7. The predicted octanol–water partition coefficient (Wildman–Crippen LogP) is 3.47. The van der Waals surface area contributed by atoms with E-state index >= 15 is 0 Å². The van der Waals surface area contributed by atoms with Crippen LogP contribution in [0.25, 0.3) is 0 Å². The second kappa shape index (κ2) is 9.12. The van der Waals surface area contributed by atoms with Crippen molar-refractivity contribution in [2.24, 2.45) is 0 Å². The van der Waals surface area contributed by atoms with Crippen LogP contribution >= 0.6 is 12.2 Å². The fourth-order valence-electron chi connectivity index (χ4n) is 1.82. The number of hydrogen-bond acceptors (Lipinski definition) is 4. The molecule has 21 heavy (non-hydrogen) atoms. The Bertz CT molecular complexity index is 494. The molecule has 116 valence electrons. The summed E-state index contributed by atoms with van der Waals surface area (Å²) >= 11 is 5.19. The molecule has 0 saturated carbocycles. The van der Waals surface area contributed by atoms with Crippen LogP contribution in [-0.4, -0.2) is 23.7 Å². The molecule has 2 N–H and O–H groups in total. The molecule has 1 rings (SSSR count). The molecule has 0 aliphatic carbocycles. The van der Waals surface area contributed by atoms with Crippen LogP contribution in [0, 0.1) is 10.1 Å². The molecule has 6 nitrogen and oxygen atoms in total. The summed E-state index contributed by atoms with van der Waals surface area (Å²) in [6.45, 7) is 2.97. The van der Waals surface area contributed by atoms with Gasteiger partial charge in [-0.3, -0.25) is 10.1 Å². The number of nitro groups is 1. The monoisotopic (exact) mass is 311 g/mol. The van der Waals surface area contributed by atoms with Gasteiger partial charge in [0, 0.05) is 12.6 Å². The molecule has 1 aromatic carbocycles. The Morgan fingerprint density at radius 2 is 2.14 bits per heavy atom. The molecule has 0 radical (unpaired) electrons. The number of anilines is 1. The summed E-state index contributed by atoms with van der Waals surface area (Å²) in [5, 5.41) is 17.3. The molecule has 0 heterocycles. The van der Waals surface area contributed by atoms with Crippen molar-refractivity contribution in [1.29, 1.82) is 0 Å². The molecule has 0 atom stereocenters. The molecule has 0 aliphatic heterocycles. The number of nitro benzene ring substituents is 1. The average molecular weight is 311 g/mol. The minimum absolute atomic E-state index is 0.0177. The third-order valence-corrected chi connectivity index (χ3v) is 3.21. The van der Waals surface area contributed by atoms with Gasteiger partial charge in [-0.15, -0.1) is 0 Å². The molecule has 0 bridgehead atoms. The van der Waals surface area contributed by atoms with E-state index in [0.717, 1.165) is 13.0 Å². The molecular formula is C14H21N3O3S. The Kier molecular flexibility index (Phi) is 7.45. The molecule has 1 aromatic rings. The average Bonchev–Trinajstić information content (AvgIpc) is 2.47. The fourth-order valence-corrected chi connectivity index (χ4v) is 2.03. The SMILES string of the molecule is CCCCCCNC(=S)Nc1ccc([N+](=O)[O-])cc1OC. The second-order valence-electron chi connectivity index (χ2n) is 4.58. The summed E-state index contributed by atoms with van der Waals surface area (Å²) in [6.07, 6.45) is 4.65. The third kappa shape index (κ3) is 5.95. The molecule has 0 spiro atoms. The van der Waals surface area contributed by atoms with Gasteiger partial charge in [0.25, 0.3) is 5.69 Å². The predicted molar refractivity (Wildman–Crippen MR) is 88.0 cm³/mol. The van der Waals surface area contributed by atoms with Gasteiger partial charge in [0.15, 0.2) is 5.11 Å². The van der Waals surface area contributed by atoms with E-state index in [1.165, 1.54) is 38.5 Å². The molecule has 0 fully saturated rings. The Balaban J connectivity index is 2.53. The first-order valence-electron chi connectivity index (χ1n) is 6.95. The molecule has 7 heteroatoms. The summed E-state index contributed by atoms with van der Waals surface area (Å²) in [6, 6.07) is 4.36. The number of nitrogens with one attached hydrogen (secondary N) is 2. The van der Waals surface area contributed by atoms with Gasteiger partial charge >= 0.3 is 0 Å². The number of unbranched alkanes of at least 4 members (excludes halogenated alkanes) is 3. The van der Waals surface area contributed by atoms with E-state index in [9.17, 15) is 10.1 Å². The first-order chi connectivity index (χ1) is 10.1. The lowest BCUT2D eigenvalue weighted by Crippen LogP contribution is -2.29. The first kappa shape index (κ1) is 17.2. The van der Waals surface area contributed by atoms with Gasteiger partial charge in [-0.2, -0.15) is 0 Å². The number of ether oxygens (including phenoxy) is 1. The maximum Gasteiger partial charge on any atom is 0.273 e. The zero-order valence-corrected chi connectivity index (χ0v) is 13.2. The van der Waals surface area contributed by atoms with Crippen LogP contribution in [-0.2, 0) is 0 Å². The number of thiocarbonyl (C=S) groups is 1. The van der Waals surface area contributed by atoms with E-state index in [1.54, 1.807) is 6.07 Å². The Hall–Kier alpha value is -1.89. The van der Waals surface area contributed by atoms with Crippen molar-refractivity contribution in [1.82, 2.24) is 5.32 Å². The summed E-state index contributed by atoms with van der Waals surface area (Å²) in [5.74, 6) is 0.388. The van der Waals surface area contributed by atoms with Gasteiger partial charge in [0.05, 0.1) is 23.8 Å². The number of hydrogen-bond donors (Lipinski definition) is 2. The minimum Gasteiger partial charge on any atom is -0.494 e. The van der Waals surface area contributed by atoms with Crippen molar-refractivity contribution in [2.75, 3.05) is 19.0 Å². The molecule has 0 saturated heterocycles. The second-order valence-corrected chi connectivity index (χ2v) is 4.99. The quantitative estimate of drug-likeness (QED) is 0.331. The maximum absolute atomic E-state index is 10.7. The van der Waals surface area contributed by atoms with E-state index in [2.05, 4.69) is 17.6 Å². The molecule has 0 aromatic heterocycles. The number of nitrogens with zero attached hydrogens (tertiary/aromatic N) is 1. The minimum atomic E-state index is -0.462. The normalized spacial score (nSPS) is 10.0. The molecule has 0 unspecified atom stereocenters. The summed E-state index contributed by atoms with van der Waals surface area (Å²) < 4.78 is 5.14. The summed E-state index contributed by atoms with van der Waals surface area (Å²) in [7, 11) is 1.46. The number of non-ortho nitro benzene ring substituents is 1. The molecule has 0 aliphatic rings. The van der Waals surface area contributed by atoms with Crippen molar-refractivity contribution in [2.45, 2.75) is 32.6 Å². The van der Waals surface area contributed by atoms with Crippen molar-refractivity contribution in [3.63, 3.8) is 0 Å². The van der Waals surface area contributed by atoms with E-state index in [1.807, 2.05) is 0 Å². The number of methoxy groups -OCH3 is 1. The lowest BCUT2D eigenvalue weighted by atomic mass is 10.2. The Labute approximate surface area is 130 Å². The van der Waals surface area contributed by atoms with E-state index in [4.69, 9.17) is 17.0 Å². The van der Waals surface area contributed by atoms with Gasteiger partial charge in [0.2, 0.25) is 0 Å². The lowest BCUT2D eigenvalue weighted by molar-refractivity contribution is -0.384. The van der Waals surface area contributed by atoms with E-state index in [0.29, 0.717) is 16.5 Å². The van der Waals surface area contributed by atoms with Gasteiger partial charge in [-0.05, 0) is 24.7 Å². The van der Waals surface area contributed by atoms with Crippen molar-refractivity contribution in [3.05, 3.63) is 28.3 Å². The van der Waals surface area contributed by atoms with Crippen LogP contribution in [0.4, 0.5) is 11.4 Å². The van der Waals surface area contributed by atoms with Gasteiger partial charge in [-0.25, -0.2) is 0 Å². The van der Waals surface area contributed by atoms with Crippen LogP contribution in [0.1, 0.15) is 32.6 Å². The van der Waals surface area contributed by atoms with Crippen LogP contribution in [0.2, 0.25) is 0 Å². The highest BCUT2D eigenvalue weighted by Gasteiger charge is 2.11. The smallest absolute Gasteiger partial charge is 0.273 e. The van der Waals surface area contributed by atoms with E-state index in [-0.39, 0.29) is 5.69 Å². The Morgan fingerprint density at radius 1 is 1.38 bits per heavy atom. The van der Waals surface area contributed by atoms with Crippen molar-refractivity contribution < 1.29 is 9.66 Å². The zero-order valence-electron chi connectivity index (χ0n) is 12.3. The van der Waals surface area contributed by atoms with Gasteiger partial charge < -0.3 is 15.4 Å². The number of benzene rings is 1. The summed E-state index contributed by atoms with van der Waals surface area (Å²) in [5.41, 5.74) is 0.588. The topological polar surface area (TPSA) is 76.4 Å². The van der Waals surface area contributed by atoms with Gasteiger partial charge in [0.1, 0.15) is 5.75 Å². The summed E-state index contributed by atoms with van der Waals surface area (Å²) in [4.78, 5) is 10.3. The van der Waals surface area contributed by atoms with Crippen LogP contribution in [0.5, 0.6) is 5.75 Å². The standard InChI is InChI=1S/C14H21N3O3S/c1-3-4-5-6-9-15-14(21)16-12-8-7-11(17(18)19)10-13(12)20-2/h7-8,10H,3-6,9H2,1-2H3,(H2,15,16,21). The van der Waals surface area contributed by atoms with Crippen LogP contribution < -0.4 is 15.4 Å². The van der Waals surface area contributed by atoms with E-state index < -0.39 is 4.92 Å². The third-order valence-electron chi connectivity index (χ3n) is 2.96. The largest absolute Gasteiger partial charge is 0.494 e. The van der Waals surface area contributed by atoms with Crippen LogP contribution in [0.15, 0.2) is 18.2 Å². The highest BCUT2D eigenvalue weighted by atomic mass is 32.1. The highest BCUT2D eigenvalue weighted by Crippen LogP contribution is 2.28. The Morgan fingerprint density at radius 3 is 2.76 bits per heavy atom. The van der Waals surface area contributed by atoms with Crippen molar-refractivity contribution in [3.8, 4) is 5.75 Å². The first-order valence-corrected chi connectivity index (χ1v) is 7.36. The van der Waals surface area contributed by atoms with Crippen molar-refractivity contribution >= 4 is 28.7 Å². The van der Waals surface area contributed by atoms with Crippen LogP contribution in [0.3, 0.4) is 0 Å².